The highest BCUT2D eigenvalue weighted by atomic mass is 16.5. The topological polar surface area (TPSA) is 66.1 Å². The maximum Gasteiger partial charge on any atom is 0.244 e. The zero-order valence-electron chi connectivity index (χ0n) is 11.8. The van der Waals surface area contributed by atoms with E-state index in [0.29, 0.717) is 12.0 Å². The fraction of sp³-hybridized carbons (Fsp3) is 0.857. The Balaban J connectivity index is 1.45. The quantitative estimate of drug-likeness (QED) is 0.840. The third-order valence-corrected chi connectivity index (χ3v) is 4.92. The number of piperidine rings is 1. The summed E-state index contributed by atoms with van der Waals surface area (Å²) in [5.74, 6) is 3.04. The van der Waals surface area contributed by atoms with Gasteiger partial charge in [-0.15, -0.1) is 5.10 Å². The minimum absolute atomic E-state index is 0.396. The lowest BCUT2D eigenvalue weighted by Crippen LogP contribution is -2.40. The molecule has 0 amide bonds. The Morgan fingerprint density at radius 2 is 2.20 bits per heavy atom. The standard InChI is InChI=1S/C14H23N5O/c1-3-10-7-19(8-12(10)15-5-1)14-16-13(17-18-14)11-4-2-6-20-9-11/h10-12,15H,1-9H2,(H,16,17,18). The van der Waals surface area contributed by atoms with E-state index in [4.69, 9.17) is 9.72 Å². The number of aromatic nitrogens is 3. The number of nitrogens with zero attached hydrogens (tertiary/aromatic N) is 3. The molecule has 1 aromatic rings. The summed E-state index contributed by atoms with van der Waals surface area (Å²) in [5, 5.41) is 11.2. The summed E-state index contributed by atoms with van der Waals surface area (Å²) in [4.78, 5) is 7.06. The monoisotopic (exact) mass is 277 g/mol. The van der Waals surface area contributed by atoms with Gasteiger partial charge in [-0.25, -0.2) is 0 Å². The van der Waals surface area contributed by atoms with Crippen LogP contribution in [0.15, 0.2) is 0 Å². The Hall–Kier alpha value is -1.14. The SMILES string of the molecule is C1COCC(c2nc(N3CC4CCCNC4C3)n[nH]2)C1. The first-order chi connectivity index (χ1) is 9.90. The second kappa shape index (κ2) is 5.33. The van der Waals surface area contributed by atoms with Gasteiger partial charge in [0, 0.05) is 31.7 Å². The van der Waals surface area contributed by atoms with Crippen molar-refractivity contribution in [3.63, 3.8) is 0 Å². The molecular weight excluding hydrogens is 254 g/mol. The lowest BCUT2D eigenvalue weighted by molar-refractivity contribution is 0.0781. The van der Waals surface area contributed by atoms with Crippen LogP contribution in [0.5, 0.6) is 0 Å². The first-order valence-electron chi connectivity index (χ1n) is 7.88. The first-order valence-corrected chi connectivity index (χ1v) is 7.88. The maximum atomic E-state index is 5.54. The van der Waals surface area contributed by atoms with Crippen molar-refractivity contribution >= 4 is 5.95 Å². The molecule has 0 bridgehead atoms. The van der Waals surface area contributed by atoms with Crippen LogP contribution in [0.2, 0.25) is 0 Å². The lowest BCUT2D eigenvalue weighted by Gasteiger charge is -2.24. The van der Waals surface area contributed by atoms with Crippen LogP contribution in [0, 0.1) is 5.92 Å². The van der Waals surface area contributed by atoms with Crippen LogP contribution in [0.25, 0.3) is 0 Å². The number of hydrogen-bond donors (Lipinski definition) is 2. The van der Waals surface area contributed by atoms with E-state index >= 15 is 0 Å². The molecule has 0 aliphatic carbocycles. The molecule has 3 aliphatic heterocycles. The molecular formula is C14H23N5O. The van der Waals surface area contributed by atoms with Crippen molar-refractivity contribution in [1.82, 2.24) is 20.5 Å². The molecule has 6 heteroatoms. The smallest absolute Gasteiger partial charge is 0.244 e. The highest BCUT2D eigenvalue weighted by molar-refractivity contribution is 5.33. The number of anilines is 1. The number of ether oxygens (including phenoxy) is 1. The fourth-order valence-electron chi connectivity index (χ4n) is 3.76. The largest absolute Gasteiger partial charge is 0.381 e. The van der Waals surface area contributed by atoms with Crippen LogP contribution in [-0.2, 0) is 4.74 Å². The van der Waals surface area contributed by atoms with E-state index in [1.807, 2.05) is 0 Å². The summed E-state index contributed by atoms with van der Waals surface area (Å²) in [6.07, 6.45) is 4.91. The average molecular weight is 277 g/mol. The van der Waals surface area contributed by atoms with Crippen LogP contribution >= 0.6 is 0 Å². The minimum Gasteiger partial charge on any atom is -0.381 e. The van der Waals surface area contributed by atoms with Gasteiger partial charge in [0.05, 0.1) is 6.61 Å². The van der Waals surface area contributed by atoms with E-state index in [1.165, 1.54) is 12.8 Å². The number of aromatic amines is 1. The van der Waals surface area contributed by atoms with E-state index in [0.717, 1.165) is 63.4 Å². The Morgan fingerprint density at radius 3 is 3.05 bits per heavy atom. The molecule has 0 aromatic carbocycles. The summed E-state index contributed by atoms with van der Waals surface area (Å²) in [5.41, 5.74) is 0. The van der Waals surface area contributed by atoms with Crippen LogP contribution in [-0.4, -0.2) is 54.1 Å². The van der Waals surface area contributed by atoms with E-state index in [1.54, 1.807) is 0 Å². The number of rotatable bonds is 2. The van der Waals surface area contributed by atoms with Crippen LogP contribution in [0.1, 0.15) is 37.4 Å². The van der Waals surface area contributed by atoms with Crippen molar-refractivity contribution in [2.45, 2.75) is 37.6 Å². The van der Waals surface area contributed by atoms with Gasteiger partial charge < -0.3 is 15.0 Å². The summed E-state index contributed by atoms with van der Waals surface area (Å²) in [6.45, 7) is 4.97. The van der Waals surface area contributed by atoms with Gasteiger partial charge in [-0.05, 0) is 38.1 Å². The van der Waals surface area contributed by atoms with Gasteiger partial charge in [0.2, 0.25) is 5.95 Å². The van der Waals surface area contributed by atoms with E-state index in [2.05, 4.69) is 20.4 Å². The predicted molar refractivity (Wildman–Crippen MR) is 75.9 cm³/mol. The molecule has 0 spiro atoms. The minimum atomic E-state index is 0.396. The van der Waals surface area contributed by atoms with Crippen molar-refractivity contribution < 1.29 is 4.74 Å². The number of hydrogen-bond acceptors (Lipinski definition) is 5. The summed E-state index contributed by atoms with van der Waals surface area (Å²) in [7, 11) is 0. The van der Waals surface area contributed by atoms with Gasteiger partial charge in [-0.3, -0.25) is 5.10 Å². The van der Waals surface area contributed by atoms with Gasteiger partial charge in [-0.1, -0.05) is 0 Å². The van der Waals surface area contributed by atoms with Crippen LogP contribution in [0.3, 0.4) is 0 Å². The third-order valence-electron chi connectivity index (χ3n) is 4.92. The van der Waals surface area contributed by atoms with E-state index in [-0.39, 0.29) is 0 Å². The lowest BCUT2D eigenvalue weighted by atomic mass is 9.94. The molecule has 6 nitrogen and oxygen atoms in total. The molecule has 1 aromatic heterocycles. The van der Waals surface area contributed by atoms with Crippen LogP contribution < -0.4 is 10.2 Å². The van der Waals surface area contributed by atoms with E-state index < -0.39 is 0 Å². The number of fused-ring (bicyclic) bond motifs is 1. The molecule has 3 saturated heterocycles. The second-order valence-corrected chi connectivity index (χ2v) is 6.30. The van der Waals surface area contributed by atoms with Gasteiger partial charge in [0.15, 0.2) is 0 Å². The van der Waals surface area contributed by atoms with Crippen molar-refractivity contribution in [2.75, 3.05) is 37.7 Å². The van der Waals surface area contributed by atoms with Gasteiger partial charge in [-0.2, -0.15) is 4.98 Å². The molecule has 3 fully saturated rings. The van der Waals surface area contributed by atoms with Crippen molar-refractivity contribution in [3.8, 4) is 0 Å². The summed E-state index contributed by atoms with van der Waals surface area (Å²) < 4.78 is 5.54. The molecule has 2 N–H and O–H groups in total. The Bertz CT molecular complexity index is 442. The average Bonchev–Trinajstić information content (AvgIpc) is 3.14. The molecule has 0 radical (unpaired) electrons. The molecule has 3 unspecified atom stereocenters. The van der Waals surface area contributed by atoms with Gasteiger partial charge >= 0.3 is 0 Å². The molecule has 4 rings (SSSR count). The molecule has 0 saturated carbocycles. The molecule has 20 heavy (non-hydrogen) atoms. The first kappa shape index (κ1) is 12.6. The maximum absolute atomic E-state index is 5.54. The zero-order chi connectivity index (χ0) is 13.4. The fourth-order valence-corrected chi connectivity index (χ4v) is 3.76. The normalized spacial score (nSPS) is 34.2. The summed E-state index contributed by atoms with van der Waals surface area (Å²) >= 11 is 0. The second-order valence-electron chi connectivity index (χ2n) is 6.30. The van der Waals surface area contributed by atoms with Gasteiger partial charge in [0.25, 0.3) is 0 Å². The summed E-state index contributed by atoms with van der Waals surface area (Å²) in [6, 6.07) is 0.628. The highest BCUT2D eigenvalue weighted by Crippen LogP contribution is 2.29. The molecule has 110 valence electrons. The van der Waals surface area contributed by atoms with E-state index in [9.17, 15) is 0 Å². The predicted octanol–water partition coefficient (Wildman–Crippen LogP) is 0.887. The zero-order valence-corrected chi connectivity index (χ0v) is 11.8. The Kier molecular flexibility index (Phi) is 3.36. The Labute approximate surface area is 119 Å². The third kappa shape index (κ3) is 2.31. The molecule has 3 atom stereocenters. The highest BCUT2D eigenvalue weighted by Gasteiger charge is 2.36. The molecule has 3 aliphatic rings. The van der Waals surface area contributed by atoms with Crippen LogP contribution in [0.4, 0.5) is 5.95 Å². The molecule has 4 heterocycles. The van der Waals surface area contributed by atoms with Crippen molar-refractivity contribution in [3.05, 3.63) is 5.82 Å². The number of H-pyrrole nitrogens is 1. The van der Waals surface area contributed by atoms with Crippen molar-refractivity contribution in [2.24, 2.45) is 5.92 Å². The number of nitrogens with one attached hydrogen (secondary N) is 2. The Morgan fingerprint density at radius 1 is 1.20 bits per heavy atom. The van der Waals surface area contributed by atoms with Crippen molar-refractivity contribution in [1.29, 1.82) is 0 Å². The van der Waals surface area contributed by atoms with Gasteiger partial charge in [0.1, 0.15) is 5.82 Å².